The molecule has 2 heterocycles. The van der Waals surface area contributed by atoms with Crippen LogP contribution in [0.2, 0.25) is 5.15 Å². The van der Waals surface area contributed by atoms with Crippen molar-refractivity contribution in [2.75, 3.05) is 18.4 Å². The summed E-state index contributed by atoms with van der Waals surface area (Å²) < 4.78 is 0. The van der Waals surface area contributed by atoms with Gasteiger partial charge in [0.2, 0.25) is 5.95 Å². The third-order valence-corrected chi connectivity index (χ3v) is 2.69. The fourth-order valence-electron chi connectivity index (χ4n) is 1.75. The van der Waals surface area contributed by atoms with E-state index >= 15 is 0 Å². The molecule has 15 heavy (non-hydrogen) atoms. The van der Waals surface area contributed by atoms with E-state index < -0.39 is 0 Å². The number of nitrogens with one attached hydrogen (secondary N) is 2. The molecule has 1 aromatic heterocycles. The number of aromatic nitrogens is 2. The number of nitrogens with zero attached hydrogens (tertiary/aromatic N) is 2. The highest BCUT2D eigenvalue weighted by atomic mass is 35.5. The van der Waals surface area contributed by atoms with Crippen molar-refractivity contribution in [2.45, 2.75) is 25.8 Å². The van der Waals surface area contributed by atoms with Gasteiger partial charge in [-0.15, -0.1) is 0 Å². The molecular formula is C10H15ClN4. The first-order chi connectivity index (χ1) is 7.24. The van der Waals surface area contributed by atoms with Gasteiger partial charge in [-0.2, -0.15) is 0 Å². The molecular weight excluding hydrogens is 212 g/mol. The van der Waals surface area contributed by atoms with Crippen LogP contribution in [0.5, 0.6) is 0 Å². The molecule has 0 aromatic carbocycles. The van der Waals surface area contributed by atoms with Gasteiger partial charge in [0, 0.05) is 18.3 Å². The highest BCUT2D eigenvalue weighted by molar-refractivity contribution is 6.29. The van der Waals surface area contributed by atoms with Crippen LogP contribution in [0.4, 0.5) is 5.95 Å². The van der Waals surface area contributed by atoms with Crippen LogP contribution >= 0.6 is 11.6 Å². The van der Waals surface area contributed by atoms with E-state index in [4.69, 9.17) is 11.6 Å². The van der Waals surface area contributed by atoms with E-state index in [2.05, 4.69) is 20.6 Å². The van der Waals surface area contributed by atoms with Crippen LogP contribution in [0.25, 0.3) is 0 Å². The van der Waals surface area contributed by atoms with Gasteiger partial charge in [0.25, 0.3) is 0 Å². The van der Waals surface area contributed by atoms with E-state index in [-0.39, 0.29) is 0 Å². The van der Waals surface area contributed by atoms with Crippen LogP contribution in [-0.4, -0.2) is 29.1 Å². The van der Waals surface area contributed by atoms with Crippen molar-refractivity contribution in [3.8, 4) is 0 Å². The summed E-state index contributed by atoms with van der Waals surface area (Å²) in [5.41, 5.74) is 0.886. The van der Waals surface area contributed by atoms with Crippen molar-refractivity contribution < 1.29 is 0 Å². The fraction of sp³-hybridized carbons (Fsp3) is 0.600. The Morgan fingerprint density at radius 3 is 3.13 bits per heavy atom. The number of hydrogen-bond donors (Lipinski definition) is 2. The fourth-order valence-corrected chi connectivity index (χ4v) is 1.99. The average Bonchev–Trinajstić information content (AvgIpc) is 2.65. The zero-order valence-corrected chi connectivity index (χ0v) is 9.51. The van der Waals surface area contributed by atoms with E-state index in [1.807, 2.05) is 6.92 Å². The van der Waals surface area contributed by atoms with Gasteiger partial charge in [-0.05, 0) is 32.4 Å². The van der Waals surface area contributed by atoms with Crippen molar-refractivity contribution in [2.24, 2.45) is 0 Å². The molecule has 0 saturated carbocycles. The van der Waals surface area contributed by atoms with Crippen molar-refractivity contribution in [3.63, 3.8) is 0 Å². The van der Waals surface area contributed by atoms with Crippen LogP contribution in [0.15, 0.2) is 6.07 Å². The van der Waals surface area contributed by atoms with Crippen molar-refractivity contribution >= 4 is 17.5 Å². The average molecular weight is 227 g/mol. The van der Waals surface area contributed by atoms with Gasteiger partial charge in [0.15, 0.2) is 0 Å². The monoisotopic (exact) mass is 226 g/mol. The minimum atomic E-state index is 0.490. The topological polar surface area (TPSA) is 49.8 Å². The summed E-state index contributed by atoms with van der Waals surface area (Å²) >= 11 is 5.84. The number of hydrogen-bond acceptors (Lipinski definition) is 4. The van der Waals surface area contributed by atoms with E-state index in [1.165, 1.54) is 12.8 Å². The normalized spacial score (nSPS) is 20.5. The highest BCUT2D eigenvalue weighted by Crippen LogP contribution is 2.10. The first-order valence-electron chi connectivity index (χ1n) is 5.22. The molecule has 1 saturated heterocycles. The maximum atomic E-state index is 5.84. The van der Waals surface area contributed by atoms with E-state index in [1.54, 1.807) is 6.07 Å². The maximum absolute atomic E-state index is 5.84. The van der Waals surface area contributed by atoms with Crippen LogP contribution < -0.4 is 10.6 Å². The van der Waals surface area contributed by atoms with Gasteiger partial charge in [-0.25, -0.2) is 9.97 Å². The van der Waals surface area contributed by atoms with Crippen molar-refractivity contribution in [1.82, 2.24) is 15.3 Å². The lowest BCUT2D eigenvalue weighted by molar-refractivity contribution is 0.631. The second-order valence-electron chi connectivity index (χ2n) is 3.83. The van der Waals surface area contributed by atoms with Crippen LogP contribution in [0.1, 0.15) is 18.5 Å². The maximum Gasteiger partial charge on any atom is 0.224 e. The van der Waals surface area contributed by atoms with Gasteiger partial charge < -0.3 is 10.6 Å². The lowest BCUT2D eigenvalue weighted by atomic mass is 10.2. The van der Waals surface area contributed by atoms with Gasteiger partial charge in [0.1, 0.15) is 5.15 Å². The molecule has 0 aliphatic carbocycles. The van der Waals surface area contributed by atoms with Gasteiger partial charge in [-0.1, -0.05) is 11.6 Å². The Labute approximate surface area is 94.5 Å². The van der Waals surface area contributed by atoms with Crippen molar-refractivity contribution in [1.29, 1.82) is 0 Å². The third-order valence-electron chi connectivity index (χ3n) is 2.49. The predicted molar refractivity (Wildman–Crippen MR) is 61.3 cm³/mol. The molecule has 5 heteroatoms. The zero-order chi connectivity index (χ0) is 10.7. The summed E-state index contributed by atoms with van der Waals surface area (Å²) in [5.74, 6) is 0.619. The van der Waals surface area contributed by atoms with Gasteiger partial charge in [0.05, 0.1) is 0 Å². The molecule has 0 unspecified atom stereocenters. The molecule has 1 aromatic rings. The van der Waals surface area contributed by atoms with E-state index in [0.717, 1.165) is 18.8 Å². The molecule has 82 valence electrons. The smallest absolute Gasteiger partial charge is 0.224 e. The Kier molecular flexibility index (Phi) is 3.38. The Morgan fingerprint density at radius 1 is 1.60 bits per heavy atom. The summed E-state index contributed by atoms with van der Waals surface area (Å²) in [6.07, 6.45) is 2.47. The SMILES string of the molecule is Cc1cc(Cl)nc(NC[C@@H]2CCCN2)n1. The molecule has 1 atom stereocenters. The Morgan fingerprint density at radius 2 is 2.47 bits per heavy atom. The Hall–Kier alpha value is -0.870. The molecule has 0 spiro atoms. The molecule has 1 fully saturated rings. The summed E-state index contributed by atoms with van der Waals surface area (Å²) in [6, 6.07) is 2.29. The molecule has 2 N–H and O–H groups in total. The molecule has 0 bridgehead atoms. The minimum absolute atomic E-state index is 0.490. The van der Waals surface area contributed by atoms with Gasteiger partial charge >= 0.3 is 0 Å². The molecule has 4 nitrogen and oxygen atoms in total. The minimum Gasteiger partial charge on any atom is -0.353 e. The zero-order valence-electron chi connectivity index (χ0n) is 8.76. The quantitative estimate of drug-likeness (QED) is 0.769. The second kappa shape index (κ2) is 4.77. The highest BCUT2D eigenvalue weighted by Gasteiger charge is 2.13. The lowest BCUT2D eigenvalue weighted by Crippen LogP contribution is -2.29. The van der Waals surface area contributed by atoms with Crippen LogP contribution in [0, 0.1) is 6.92 Å². The molecule has 1 aliphatic rings. The van der Waals surface area contributed by atoms with E-state index in [0.29, 0.717) is 17.1 Å². The summed E-state index contributed by atoms with van der Waals surface area (Å²) in [6.45, 7) is 3.88. The number of halogens is 1. The van der Waals surface area contributed by atoms with Gasteiger partial charge in [-0.3, -0.25) is 0 Å². The first-order valence-corrected chi connectivity index (χ1v) is 5.60. The predicted octanol–water partition coefficient (Wildman–Crippen LogP) is 1.60. The number of rotatable bonds is 3. The van der Waals surface area contributed by atoms with E-state index in [9.17, 15) is 0 Å². The van der Waals surface area contributed by atoms with Crippen molar-refractivity contribution in [3.05, 3.63) is 16.9 Å². The summed E-state index contributed by atoms with van der Waals surface area (Å²) in [5, 5.41) is 7.09. The molecule has 2 rings (SSSR count). The molecule has 0 radical (unpaired) electrons. The van der Waals surface area contributed by atoms with Crippen LogP contribution in [-0.2, 0) is 0 Å². The lowest BCUT2D eigenvalue weighted by Gasteiger charge is -2.11. The number of anilines is 1. The Balaban J connectivity index is 1.92. The number of aryl methyl sites for hydroxylation is 1. The standard InChI is InChI=1S/C10H15ClN4/c1-7-5-9(11)15-10(14-7)13-6-8-3-2-4-12-8/h5,8,12H,2-4,6H2,1H3,(H,13,14,15)/t8-/m0/s1. The molecule has 1 aliphatic heterocycles. The second-order valence-corrected chi connectivity index (χ2v) is 4.22. The van der Waals surface area contributed by atoms with Crippen LogP contribution in [0.3, 0.4) is 0 Å². The summed E-state index contributed by atoms with van der Waals surface area (Å²) in [7, 11) is 0. The first kappa shape index (κ1) is 10.6. The molecule has 0 amide bonds. The third kappa shape index (κ3) is 3.04. The Bertz CT molecular complexity index is 316. The largest absolute Gasteiger partial charge is 0.353 e. The summed E-state index contributed by atoms with van der Waals surface area (Å²) in [4.78, 5) is 8.37.